The molecule has 0 unspecified atom stereocenters. The highest BCUT2D eigenvalue weighted by Gasteiger charge is 2.01. The third-order valence-corrected chi connectivity index (χ3v) is 3.13. The van der Waals surface area contributed by atoms with Crippen LogP contribution in [0.5, 0.6) is 0 Å². The lowest BCUT2D eigenvalue weighted by molar-refractivity contribution is 0.967. The minimum absolute atomic E-state index is 0.339. The van der Waals surface area contributed by atoms with E-state index in [2.05, 4.69) is 25.7 Å². The Morgan fingerprint density at radius 2 is 1.77 bits per heavy atom. The number of hydrazone groups is 1. The lowest BCUT2D eigenvalue weighted by Gasteiger charge is -2.01. The molecule has 1 N–H and O–H groups in total. The van der Waals surface area contributed by atoms with E-state index >= 15 is 0 Å². The van der Waals surface area contributed by atoms with Crippen LogP contribution in [-0.4, -0.2) is 21.4 Å². The molecule has 0 radical (unpaired) electrons. The monoisotopic (exact) mass is 309 g/mol. The largest absolute Gasteiger partial charge is 0.263 e. The normalized spacial score (nSPS) is 10.8. The summed E-state index contributed by atoms with van der Waals surface area (Å²) < 4.78 is 0. The van der Waals surface area contributed by atoms with Gasteiger partial charge in [-0.15, -0.1) is 5.10 Å². The van der Waals surface area contributed by atoms with E-state index in [-0.39, 0.29) is 0 Å². The highest BCUT2D eigenvalue weighted by atomic mass is 35.5. The molecular weight excluding hydrogens is 298 g/mol. The number of nitrogens with one attached hydrogen (secondary N) is 1. The van der Waals surface area contributed by atoms with Crippen LogP contribution in [0, 0.1) is 0 Å². The van der Waals surface area contributed by atoms with Gasteiger partial charge in [-0.2, -0.15) is 10.2 Å². The number of benzene rings is 2. The molecule has 0 aliphatic heterocycles. The number of halogens is 1. The van der Waals surface area contributed by atoms with Gasteiger partial charge in [0.15, 0.2) is 0 Å². The molecule has 0 fully saturated rings. The molecule has 3 aromatic rings. The van der Waals surface area contributed by atoms with E-state index in [1.165, 1.54) is 0 Å². The van der Waals surface area contributed by atoms with E-state index in [4.69, 9.17) is 11.6 Å². The minimum atomic E-state index is 0.339. The summed E-state index contributed by atoms with van der Waals surface area (Å²) >= 11 is 5.83. The summed E-state index contributed by atoms with van der Waals surface area (Å²) in [6, 6.07) is 17.1. The number of rotatable bonds is 4. The van der Waals surface area contributed by atoms with Gasteiger partial charge < -0.3 is 0 Å². The summed E-state index contributed by atoms with van der Waals surface area (Å²) in [6.07, 6.45) is 3.28. The zero-order valence-corrected chi connectivity index (χ0v) is 12.3. The number of nitrogens with zero attached hydrogens (tertiary/aromatic N) is 4. The van der Waals surface area contributed by atoms with Gasteiger partial charge in [-0.3, -0.25) is 0 Å². The van der Waals surface area contributed by atoms with Gasteiger partial charge in [-0.25, -0.2) is 10.4 Å². The van der Waals surface area contributed by atoms with Crippen molar-refractivity contribution in [2.75, 3.05) is 5.43 Å². The molecule has 0 bridgehead atoms. The molecule has 0 atom stereocenters. The summed E-state index contributed by atoms with van der Waals surface area (Å²) in [7, 11) is 0. The quantitative estimate of drug-likeness (QED) is 0.590. The topological polar surface area (TPSA) is 63.1 Å². The van der Waals surface area contributed by atoms with Crippen LogP contribution >= 0.6 is 11.6 Å². The molecule has 5 nitrogen and oxygen atoms in total. The minimum Gasteiger partial charge on any atom is -0.244 e. The molecule has 108 valence electrons. The number of anilines is 1. The third-order valence-electron chi connectivity index (χ3n) is 2.88. The number of hydrogen-bond donors (Lipinski definition) is 1. The van der Waals surface area contributed by atoms with Crippen LogP contribution in [-0.2, 0) is 0 Å². The first-order chi connectivity index (χ1) is 10.8. The average Bonchev–Trinajstić information content (AvgIpc) is 2.58. The lowest BCUT2D eigenvalue weighted by atomic mass is 10.2. The molecule has 0 saturated heterocycles. The maximum Gasteiger partial charge on any atom is 0.263 e. The molecule has 22 heavy (non-hydrogen) atoms. The van der Waals surface area contributed by atoms with Crippen LogP contribution in [0.15, 0.2) is 65.9 Å². The van der Waals surface area contributed by atoms with Gasteiger partial charge >= 0.3 is 0 Å². The van der Waals surface area contributed by atoms with Crippen molar-refractivity contribution in [3.8, 4) is 11.3 Å². The van der Waals surface area contributed by atoms with Gasteiger partial charge in [0.25, 0.3) is 5.95 Å². The summed E-state index contributed by atoms with van der Waals surface area (Å²) in [4.78, 5) is 4.37. The Labute approximate surface area is 132 Å². The van der Waals surface area contributed by atoms with Crippen LogP contribution < -0.4 is 5.43 Å². The van der Waals surface area contributed by atoms with E-state index < -0.39 is 0 Å². The van der Waals surface area contributed by atoms with Crippen LogP contribution in [0.2, 0.25) is 5.02 Å². The number of aromatic nitrogens is 3. The Bertz CT molecular complexity index is 772. The van der Waals surface area contributed by atoms with Crippen LogP contribution in [0.25, 0.3) is 11.3 Å². The predicted molar refractivity (Wildman–Crippen MR) is 87.9 cm³/mol. The van der Waals surface area contributed by atoms with E-state index in [1.807, 2.05) is 42.5 Å². The molecule has 0 amide bonds. The zero-order chi connectivity index (χ0) is 15.2. The summed E-state index contributed by atoms with van der Waals surface area (Å²) in [5.41, 5.74) is 5.40. The van der Waals surface area contributed by atoms with E-state index in [0.29, 0.717) is 11.0 Å². The maximum atomic E-state index is 5.83. The van der Waals surface area contributed by atoms with Crippen molar-refractivity contribution in [1.29, 1.82) is 0 Å². The van der Waals surface area contributed by atoms with Crippen molar-refractivity contribution in [1.82, 2.24) is 15.2 Å². The van der Waals surface area contributed by atoms with Crippen LogP contribution in [0.3, 0.4) is 0 Å². The molecule has 1 heterocycles. The van der Waals surface area contributed by atoms with Gasteiger partial charge in [0, 0.05) is 10.6 Å². The van der Waals surface area contributed by atoms with Gasteiger partial charge in [0.1, 0.15) is 0 Å². The second-order valence-electron chi connectivity index (χ2n) is 4.45. The zero-order valence-electron chi connectivity index (χ0n) is 11.5. The first-order valence-corrected chi connectivity index (χ1v) is 6.99. The van der Waals surface area contributed by atoms with Gasteiger partial charge in [0.2, 0.25) is 0 Å². The molecule has 2 aromatic carbocycles. The second-order valence-corrected chi connectivity index (χ2v) is 4.89. The first-order valence-electron chi connectivity index (χ1n) is 6.61. The highest BCUT2D eigenvalue weighted by Crippen LogP contribution is 2.15. The third kappa shape index (κ3) is 3.65. The standard InChI is InChI=1S/C16H12ClN5/c17-14-8-6-12(7-9-14)10-18-21-16-20-15(11-19-22-16)13-4-2-1-3-5-13/h1-11H,(H,20,21,22)/b18-10+. The fourth-order valence-corrected chi connectivity index (χ4v) is 1.94. The SMILES string of the molecule is Clc1ccc(/C=N/Nc2nncc(-c3ccccc3)n2)cc1. The molecule has 0 aliphatic rings. The van der Waals surface area contributed by atoms with E-state index in [1.54, 1.807) is 24.5 Å². The van der Waals surface area contributed by atoms with Gasteiger partial charge in [0.05, 0.1) is 18.1 Å². The molecule has 3 rings (SSSR count). The fourth-order valence-electron chi connectivity index (χ4n) is 1.81. The predicted octanol–water partition coefficient (Wildman–Crippen LogP) is 3.64. The van der Waals surface area contributed by atoms with Crippen molar-refractivity contribution in [2.24, 2.45) is 5.10 Å². The lowest BCUT2D eigenvalue weighted by Crippen LogP contribution is -1.99. The van der Waals surface area contributed by atoms with Crippen molar-refractivity contribution in [3.05, 3.63) is 71.4 Å². The first kappa shape index (κ1) is 14.2. The Hall–Kier alpha value is -2.79. The average molecular weight is 310 g/mol. The molecule has 0 aliphatic carbocycles. The van der Waals surface area contributed by atoms with E-state index in [0.717, 1.165) is 16.8 Å². The van der Waals surface area contributed by atoms with E-state index in [9.17, 15) is 0 Å². The van der Waals surface area contributed by atoms with Crippen molar-refractivity contribution in [2.45, 2.75) is 0 Å². The van der Waals surface area contributed by atoms with Crippen molar-refractivity contribution >= 4 is 23.8 Å². The van der Waals surface area contributed by atoms with Gasteiger partial charge in [-0.1, -0.05) is 54.1 Å². The maximum absolute atomic E-state index is 5.83. The molecule has 6 heteroatoms. The van der Waals surface area contributed by atoms with Gasteiger partial charge in [-0.05, 0) is 17.7 Å². The molecule has 0 saturated carbocycles. The Balaban J connectivity index is 1.72. The van der Waals surface area contributed by atoms with Crippen LogP contribution in [0.4, 0.5) is 5.95 Å². The van der Waals surface area contributed by atoms with Crippen molar-refractivity contribution < 1.29 is 0 Å². The molecular formula is C16H12ClN5. The summed E-state index contributed by atoms with van der Waals surface area (Å²) in [5.74, 6) is 0.339. The smallest absolute Gasteiger partial charge is 0.244 e. The molecule has 0 spiro atoms. The summed E-state index contributed by atoms with van der Waals surface area (Å²) in [5, 5.41) is 12.6. The highest BCUT2D eigenvalue weighted by molar-refractivity contribution is 6.30. The fraction of sp³-hybridized carbons (Fsp3) is 0. The molecule has 1 aromatic heterocycles. The Kier molecular flexibility index (Phi) is 4.36. The second kappa shape index (κ2) is 6.78. The Morgan fingerprint density at radius 1 is 1.00 bits per heavy atom. The summed E-state index contributed by atoms with van der Waals surface area (Å²) in [6.45, 7) is 0. The number of hydrogen-bond acceptors (Lipinski definition) is 5. The van der Waals surface area contributed by atoms with Crippen LogP contribution in [0.1, 0.15) is 5.56 Å². The Morgan fingerprint density at radius 3 is 2.55 bits per heavy atom. The van der Waals surface area contributed by atoms with Crippen molar-refractivity contribution in [3.63, 3.8) is 0 Å².